The van der Waals surface area contributed by atoms with Crippen molar-refractivity contribution in [1.29, 1.82) is 0 Å². The lowest BCUT2D eigenvalue weighted by Gasteiger charge is -2.53. The van der Waals surface area contributed by atoms with Gasteiger partial charge < -0.3 is 29.4 Å². The van der Waals surface area contributed by atoms with Gasteiger partial charge in [-0.15, -0.1) is 0 Å². The topological polar surface area (TPSA) is 98.7 Å². The second kappa shape index (κ2) is 9.28. The van der Waals surface area contributed by atoms with Gasteiger partial charge in [-0.2, -0.15) is 0 Å². The Kier molecular flexibility index (Phi) is 6.60. The minimum atomic E-state index is -0.951. The van der Waals surface area contributed by atoms with Crippen LogP contribution in [0.3, 0.4) is 0 Å². The van der Waals surface area contributed by atoms with Gasteiger partial charge in [0.2, 0.25) is 0 Å². The van der Waals surface area contributed by atoms with Gasteiger partial charge >= 0.3 is 5.97 Å². The lowest BCUT2D eigenvalue weighted by atomic mass is 9.70. The number of hydrogen-bond acceptors (Lipinski definition) is 9. The number of piperidine rings is 1. The summed E-state index contributed by atoms with van der Waals surface area (Å²) in [7, 11) is 4.56. The van der Waals surface area contributed by atoms with Gasteiger partial charge in [0.25, 0.3) is 0 Å². The van der Waals surface area contributed by atoms with Gasteiger partial charge in [-0.05, 0) is 30.6 Å². The van der Waals surface area contributed by atoms with E-state index in [2.05, 4.69) is 17.1 Å². The Balaban J connectivity index is 1.65. The zero-order valence-corrected chi connectivity index (χ0v) is 22.7. The van der Waals surface area contributed by atoms with Gasteiger partial charge in [0.15, 0.2) is 5.72 Å². The summed E-state index contributed by atoms with van der Waals surface area (Å²) in [4.78, 5) is 15.3. The zero-order valence-electron chi connectivity index (χ0n) is 20.5. The van der Waals surface area contributed by atoms with E-state index in [1.807, 2.05) is 23.0 Å². The second-order valence-electron chi connectivity index (χ2n) is 10.00. The molecular weight excluding hydrogens is 567 g/mol. The number of anilines is 1. The molecule has 10 heteroatoms. The van der Waals surface area contributed by atoms with Gasteiger partial charge in [-0.25, -0.2) is 4.79 Å². The largest absolute Gasteiger partial charge is 0.508 e. The Morgan fingerprint density at radius 2 is 2.14 bits per heavy atom. The molecule has 1 aromatic carbocycles. The Morgan fingerprint density at radius 1 is 1.34 bits per heavy atom. The molecule has 0 amide bonds. The van der Waals surface area contributed by atoms with E-state index in [1.165, 1.54) is 13.4 Å². The number of carbonyl (C=O) groups excluding carboxylic acids is 1. The molecule has 192 valence electrons. The van der Waals surface area contributed by atoms with Gasteiger partial charge in [-0.3, -0.25) is 7.97 Å². The monoisotopic (exact) mass is 600 g/mol. The van der Waals surface area contributed by atoms with Crippen LogP contribution in [0.2, 0.25) is 0 Å². The summed E-state index contributed by atoms with van der Waals surface area (Å²) in [5.74, 6) is 0.814. The van der Waals surface area contributed by atoms with Crippen LogP contribution in [0.4, 0.5) is 5.69 Å². The van der Waals surface area contributed by atoms with E-state index in [9.17, 15) is 9.90 Å². The minimum Gasteiger partial charge on any atom is -0.508 e. The molecule has 2 N–H and O–H groups in total. The fourth-order valence-corrected chi connectivity index (χ4v) is 7.76. The predicted octanol–water partition coefficient (Wildman–Crippen LogP) is 3.55. The van der Waals surface area contributed by atoms with E-state index in [1.54, 1.807) is 26.4 Å². The van der Waals surface area contributed by atoms with Crippen molar-refractivity contribution < 1.29 is 31.9 Å². The number of hydrogen-bond donors (Lipinski definition) is 2. The Bertz CT molecular complexity index is 1040. The molecule has 0 aliphatic carbocycles. The van der Waals surface area contributed by atoms with Crippen LogP contribution in [0.25, 0.3) is 0 Å². The lowest BCUT2D eigenvalue weighted by Crippen LogP contribution is -2.67. The van der Waals surface area contributed by atoms with Gasteiger partial charge in [0, 0.05) is 25.2 Å². The number of rotatable bonds is 6. The first kappa shape index (κ1) is 24.9. The number of ether oxygens (including phenoxy) is 4. The molecule has 1 unspecified atom stereocenters. The van der Waals surface area contributed by atoms with Gasteiger partial charge in [0.05, 0.1) is 57.1 Å². The molecule has 4 aliphatic rings. The van der Waals surface area contributed by atoms with Crippen molar-refractivity contribution in [2.24, 2.45) is 17.8 Å². The predicted molar refractivity (Wildman–Crippen MR) is 136 cm³/mol. The third kappa shape index (κ3) is 3.54. The molecule has 5 rings (SSSR count). The van der Waals surface area contributed by atoms with Crippen LogP contribution < -0.4 is 10.1 Å². The molecule has 1 aromatic rings. The molecule has 0 saturated carbocycles. The standard InChI is InChI=1S/C25H33IN2O7/c1-5-15-11-28-10-14-9-24(34-12-14)22-19(6-16(29)7-20(22)32-3)27-25(24,35-26)21(28)8-17(15)18(13-31-2)23(30)33-4/h6-7,13-15,17,21,27,29H,5,8-12H2,1-4H3/b18-13+/t14?,15-,17+,21+,24+,25+/m1/s1. The first-order valence-electron chi connectivity index (χ1n) is 12.1. The summed E-state index contributed by atoms with van der Waals surface area (Å²) < 4.78 is 29.3. The molecule has 6 atom stereocenters. The number of phenolic OH excluding ortho intramolecular Hbond substituents is 1. The first-order chi connectivity index (χ1) is 16.9. The van der Waals surface area contributed by atoms with Crippen LogP contribution in [-0.4, -0.2) is 68.8 Å². The highest BCUT2D eigenvalue weighted by Gasteiger charge is 2.71. The maximum atomic E-state index is 12.8. The van der Waals surface area contributed by atoms with Crippen molar-refractivity contribution in [3.8, 4) is 11.5 Å². The quantitative estimate of drug-likeness (QED) is 0.220. The number of nitrogens with zero attached hydrogens (tertiary/aromatic N) is 1. The van der Waals surface area contributed by atoms with Crippen LogP contribution in [0.5, 0.6) is 11.5 Å². The molecule has 1 spiro atoms. The summed E-state index contributed by atoms with van der Waals surface area (Å²) in [5, 5.41) is 14.0. The number of methoxy groups -OCH3 is 3. The van der Waals surface area contributed by atoms with Crippen molar-refractivity contribution in [2.75, 3.05) is 46.3 Å². The highest BCUT2D eigenvalue weighted by atomic mass is 127. The normalized spacial score (nSPS) is 35.9. The molecule has 35 heavy (non-hydrogen) atoms. The molecule has 4 aliphatic heterocycles. The number of nitrogens with one attached hydrogen (secondary N) is 1. The molecule has 9 nitrogen and oxygen atoms in total. The zero-order chi connectivity index (χ0) is 25.0. The number of benzene rings is 1. The number of aromatic hydroxyl groups is 1. The highest BCUT2D eigenvalue weighted by molar-refractivity contribution is 14.1. The SMILES string of the molecule is CC[C@@H]1CN2CC3CO[C@@]4(C3)c3c(cc(O)cc3OC)N[C@]4(OI)[C@@H]2C[C@@H]1/C(=C\OC)C(=O)OC. The second-order valence-corrected chi connectivity index (χ2v) is 10.4. The Morgan fingerprint density at radius 3 is 2.80 bits per heavy atom. The molecule has 3 saturated heterocycles. The molecule has 3 fully saturated rings. The van der Waals surface area contributed by atoms with Crippen LogP contribution in [0, 0.1) is 17.8 Å². The van der Waals surface area contributed by atoms with Crippen LogP contribution in [0.1, 0.15) is 31.7 Å². The van der Waals surface area contributed by atoms with E-state index in [-0.39, 0.29) is 29.6 Å². The summed E-state index contributed by atoms with van der Waals surface area (Å²) in [6.07, 6.45) is 3.87. The molecule has 4 heterocycles. The van der Waals surface area contributed by atoms with Crippen molar-refractivity contribution in [3.63, 3.8) is 0 Å². The van der Waals surface area contributed by atoms with Gasteiger partial charge in [-0.1, -0.05) is 13.3 Å². The maximum absolute atomic E-state index is 12.8. The van der Waals surface area contributed by atoms with Crippen molar-refractivity contribution in [2.45, 2.75) is 43.6 Å². The van der Waals surface area contributed by atoms with Crippen molar-refractivity contribution in [3.05, 3.63) is 29.5 Å². The molecule has 0 radical (unpaired) electrons. The summed E-state index contributed by atoms with van der Waals surface area (Å²) >= 11 is 1.98. The molecule has 0 aromatic heterocycles. The molecule has 2 bridgehead atoms. The van der Waals surface area contributed by atoms with E-state index >= 15 is 0 Å². The number of fused-ring (bicyclic) bond motifs is 4. The third-order valence-electron chi connectivity index (χ3n) is 8.40. The van der Waals surface area contributed by atoms with E-state index in [0.29, 0.717) is 30.3 Å². The van der Waals surface area contributed by atoms with Crippen molar-refractivity contribution >= 4 is 34.7 Å². The lowest BCUT2D eigenvalue weighted by molar-refractivity contribution is -0.163. The van der Waals surface area contributed by atoms with Crippen LogP contribution >= 0.6 is 23.0 Å². The third-order valence-corrected chi connectivity index (χ3v) is 9.10. The average Bonchev–Trinajstić information content (AvgIpc) is 3.37. The first-order valence-corrected chi connectivity index (χ1v) is 12.9. The Hall–Kier alpha value is -1.76. The summed E-state index contributed by atoms with van der Waals surface area (Å²) in [6, 6.07) is 3.21. The van der Waals surface area contributed by atoms with Gasteiger partial charge in [0.1, 0.15) is 40.1 Å². The van der Waals surface area contributed by atoms with Crippen molar-refractivity contribution in [1.82, 2.24) is 4.90 Å². The minimum absolute atomic E-state index is 0.0773. The molecular formula is C25H33IN2O7. The number of halogens is 1. The van der Waals surface area contributed by atoms with E-state index in [0.717, 1.165) is 37.2 Å². The fourth-order valence-electron chi connectivity index (χ4n) is 7.00. The number of esters is 1. The fraction of sp³-hybridized carbons (Fsp3) is 0.640. The summed E-state index contributed by atoms with van der Waals surface area (Å²) in [6.45, 7) is 4.48. The summed E-state index contributed by atoms with van der Waals surface area (Å²) in [5.41, 5.74) is 0.421. The van der Waals surface area contributed by atoms with Crippen LogP contribution in [-0.2, 0) is 27.7 Å². The van der Waals surface area contributed by atoms with E-state index < -0.39 is 11.3 Å². The maximum Gasteiger partial charge on any atom is 0.337 e. The number of carbonyl (C=O) groups is 1. The highest BCUT2D eigenvalue weighted by Crippen LogP contribution is 2.64. The Labute approximate surface area is 219 Å². The van der Waals surface area contributed by atoms with Crippen LogP contribution in [0.15, 0.2) is 24.0 Å². The van der Waals surface area contributed by atoms with E-state index in [4.69, 9.17) is 22.0 Å². The number of phenols is 1. The average molecular weight is 600 g/mol. The smallest absolute Gasteiger partial charge is 0.337 e.